The van der Waals surface area contributed by atoms with Crippen molar-refractivity contribution in [1.29, 1.82) is 0 Å². The van der Waals surface area contributed by atoms with Crippen LogP contribution >= 0.6 is 0 Å². The van der Waals surface area contributed by atoms with E-state index in [9.17, 15) is 10.2 Å². The number of hydrogen-bond acceptors (Lipinski definition) is 4. The van der Waals surface area contributed by atoms with Gasteiger partial charge in [0.05, 0.1) is 17.3 Å². The quantitative estimate of drug-likeness (QED) is 0.606. The summed E-state index contributed by atoms with van der Waals surface area (Å²) in [4.78, 5) is 0. The van der Waals surface area contributed by atoms with Crippen molar-refractivity contribution in [2.24, 2.45) is 17.3 Å². The number of ether oxygens (including phenoxy) is 1. The van der Waals surface area contributed by atoms with Gasteiger partial charge in [-0.05, 0) is 78.3 Å². The van der Waals surface area contributed by atoms with Crippen LogP contribution in [-0.2, 0) is 4.74 Å². The van der Waals surface area contributed by atoms with Crippen LogP contribution in [0.1, 0.15) is 44.6 Å². The number of fused-ring (bicyclic) bond motifs is 2. The van der Waals surface area contributed by atoms with E-state index in [-0.39, 0.29) is 16.9 Å². The normalized spacial score (nSPS) is 41.5. The molecule has 3 N–H and O–H groups in total. The van der Waals surface area contributed by atoms with E-state index in [1.54, 1.807) is 0 Å². The molecule has 2 fully saturated rings. The SMILES string of the molecule is CNC[C@H]1C[C@@]23CC[C@@]4(O2)C(=CC[C@]2(C)C(c5ccc6ccccc6c5)=CC[C@H]24)C=C3[C@@H](O)[C@@H]1O. The van der Waals surface area contributed by atoms with E-state index in [1.165, 1.54) is 27.5 Å². The van der Waals surface area contributed by atoms with Crippen LogP contribution in [0.3, 0.4) is 0 Å². The molecule has 35 heavy (non-hydrogen) atoms. The summed E-state index contributed by atoms with van der Waals surface area (Å²) in [6.45, 7) is 3.12. The molecule has 2 bridgehead atoms. The Kier molecular flexibility index (Phi) is 4.65. The third-order valence-corrected chi connectivity index (χ3v) is 10.1. The van der Waals surface area contributed by atoms with Crippen molar-refractivity contribution in [3.63, 3.8) is 0 Å². The van der Waals surface area contributed by atoms with Crippen LogP contribution in [0, 0.1) is 17.3 Å². The summed E-state index contributed by atoms with van der Waals surface area (Å²) >= 11 is 0. The molecule has 7 rings (SSSR count). The fraction of sp³-hybridized carbons (Fsp3) is 0.484. The highest BCUT2D eigenvalue weighted by Crippen LogP contribution is 2.68. The summed E-state index contributed by atoms with van der Waals surface area (Å²) < 4.78 is 7.24. The molecule has 2 aliphatic heterocycles. The van der Waals surface area contributed by atoms with Gasteiger partial charge in [-0.25, -0.2) is 0 Å². The molecule has 0 aromatic heterocycles. The molecule has 4 heteroatoms. The smallest absolute Gasteiger partial charge is 0.104 e. The molecule has 1 saturated heterocycles. The number of hydrogen-bond donors (Lipinski definition) is 3. The van der Waals surface area contributed by atoms with Crippen LogP contribution in [0.25, 0.3) is 16.3 Å². The molecule has 3 aliphatic carbocycles. The highest BCUT2D eigenvalue weighted by molar-refractivity contribution is 5.87. The Morgan fingerprint density at radius 3 is 2.71 bits per heavy atom. The lowest BCUT2D eigenvalue weighted by Crippen LogP contribution is -2.59. The molecular formula is C31H35NO3. The van der Waals surface area contributed by atoms with E-state index in [1.807, 2.05) is 7.05 Å². The second-order valence-electron chi connectivity index (χ2n) is 11.8. The van der Waals surface area contributed by atoms with E-state index in [2.05, 4.69) is 72.9 Å². The summed E-state index contributed by atoms with van der Waals surface area (Å²) in [6, 6.07) is 15.5. The zero-order valence-corrected chi connectivity index (χ0v) is 20.6. The second-order valence-corrected chi connectivity index (χ2v) is 11.8. The first-order valence-corrected chi connectivity index (χ1v) is 13.2. The van der Waals surface area contributed by atoms with Crippen molar-refractivity contribution in [2.75, 3.05) is 13.6 Å². The highest BCUT2D eigenvalue weighted by atomic mass is 16.5. The van der Waals surface area contributed by atoms with Gasteiger partial charge in [-0.15, -0.1) is 0 Å². The van der Waals surface area contributed by atoms with Crippen molar-refractivity contribution in [2.45, 2.75) is 62.4 Å². The van der Waals surface area contributed by atoms with Gasteiger partial charge in [-0.3, -0.25) is 0 Å². The first kappa shape index (κ1) is 22.0. The molecule has 0 unspecified atom stereocenters. The monoisotopic (exact) mass is 469 g/mol. The maximum atomic E-state index is 11.1. The fourth-order valence-electron chi connectivity index (χ4n) is 8.40. The topological polar surface area (TPSA) is 61.7 Å². The summed E-state index contributed by atoms with van der Waals surface area (Å²) in [5.41, 5.74) is 4.16. The summed E-state index contributed by atoms with van der Waals surface area (Å²) in [5.74, 6) is 0.359. The highest BCUT2D eigenvalue weighted by Gasteiger charge is 2.67. The Morgan fingerprint density at radius 1 is 1.06 bits per heavy atom. The standard InChI is InChI=1S/C31H35NO3/c1-29-12-11-23-16-25-28(34)27(33)22(18-32-2)17-30(25)13-14-31(23,35-30)26(29)10-9-24(29)21-8-7-19-5-3-4-6-20(19)15-21/h3-9,11,15-16,22,26-28,32-34H,10,12-14,17-18H2,1-2H3/t22-,26-,27-,28-,29-,30-,31-/m1/s1. The number of aliphatic hydroxyl groups excluding tert-OH is 2. The molecule has 2 spiro atoms. The van der Waals surface area contributed by atoms with Gasteiger partial charge >= 0.3 is 0 Å². The maximum absolute atomic E-state index is 11.1. The third-order valence-electron chi connectivity index (χ3n) is 10.1. The van der Waals surface area contributed by atoms with Crippen molar-refractivity contribution < 1.29 is 14.9 Å². The third kappa shape index (κ3) is 2.83. The molecule has 2 aromatic carbocycles. The lowest BCUT2D eigenvalue weighted by Gasteiger charge is -2.55. The summed E-state index contributed by atoms with van der Waals surface area (Å²) in [7, 11) is 1.91. The van der Waals surface area contributed by atoms with E-state index < -0.39 is 17.8 Å². The zero-order chi connectivity index (χ0) is 24.0. The molecule has 2 aromatic rings. The second kappa shape index (κ2) is 7.39. The van der Waals surface area contributed by atoms with Crippen molar-refractivity contribution in [3.8, 4) is 0 Å². The van der Waals surface area contributed by atoms with Gasteiger partial charge in [0.1, 0.15) is 6.10 Å². The minimum Gasteiger partial charge on any atom is -0.390 e. The number of allylic oxidation sites excluding steroid dienone is 3. The lowest BCUT2D eigenvalue weighted by atomic mass is 9.58. The molecule has 4 nitrogen and oxygen atoms in total. The number of aliphatic hydroxyl groups is 2. The summed E-state index contributed by atoms with van der Waals surface area (Å²) in [5, 5.41) is 27.7. The average molecular weight is 470 g/mol. The minimum atomic E-state index is -0.859. The predicted molar refractivity (Wildman–Crippen MR) is 139 cm³/mol. The molecular weight excluding hydrogens is 434 g/mol. The molecule has 182 valence electrons. The van der Waals surface area contributed by atoms with E-state index in [4.69, 9.17) is 4.74 Å². The molecule has 1 saturated carbocycles. The molecule has 0 radical (unpaired) electrons. The Balaban J connectivity index is 1.29. The van der Waals surface area contributed by atoms with Gasteiger partial charge in [0, 0.05) is 23.8 Å². The van der Waals surface area contributed by atoms with E-state index in [0.29, 0.717) is 12.5 Å². The first-order chi connectivity index (χ1) is 16.9. The molecule has 2 heterocycles. The minimum absolute atomic E-state index is 0.0139. The Labute approximate surface area is 207 Å². The molecule has 7 atom stereocenters. The van der Waals surface area contributed by atoms with Crippen LogP contribution in [0.4, 0.5) is 0 Å². The maximum Gasteiger partial charge on any atom is 0.104 e. The summed E-state index contributed by atoms with van der Waals surface area (Å²) in [6.07, 6.45) is 10.1. The van der Waals surface area contributed by atoms with Gasteiger partial charge < -0.3 is 20.3 Å². The van der Waals surface area contributed by atoms with Gasteiger partial charge in [0.2, 0.25) is 0 Å². The van der Waals surface area contributed by atoms with Crippen LogP contribution in [0.15, 0.2) is 71.8 Å². The van der Waals surface area contributed by atoms with E-state index in [0.717, 1.165) is 37.7 Å². The van der Waals surface area contributed by atoms with Gasteiger partial charge in [0.15, 0.2) is 0 Å². The van der Waals surface area contributed by atoms with Crippen LogP contribution in [-0.4, -0.2) is 47.2 Å². The van der Waals surface area contributed by atoms with E-state index >= 15 is 0 Å². The van der Waals surface area contributed by atoms with Crippen molar-refractivity contribution in [3.05, 3.63) is 77.4 Å². The number of nitrogens with one attached hydrogen (secondary N) is 1. The lowest BCUT2D eigenvalue weighted by molar-refractivity contribution is -0.160. The fourth-order valence-corrected chi connectivity index (χ4v) is 8.40. The van der Waals surface area contributed by atoms with Gasteiger partial charge in [-0.1, -0.05) is 61.5 Å². The first-order valence-electron chi connectivity index (χ1n) is 13.2. The van der Waals surface area contributed by atoms with Gasteiger partial charge in [0.25, 0.3) is 0 Å². The number of rotatable bonds is 3. The van der Waals surface area contributed by atoms with Crippen molar-refractivity contribution >= 4 is 16.3 Å². The van der Waals surface area contributed by atoms with Crippen LogP contribution in [0.2, 0.25) is 0 Å². The Bertz CT molecular complexity index is 1310. The number of benzene rings is 2. The van der Waals surface area contributed by atoms with Crippen molar-refractivity contribution in [1.82, 2.24) is 5.32 Å². The van der Waals surface area contributed by atoms with Crippen LogP contribution in [0.5, 0.6) is 0 Å². The zero-order valence-electron chi connectivity index (χ0n) is 20.6. The predicted octanol–water partition coefficient (Wildman–Crippen LogP) is 4.77. The Hall–Kier alpha value is -2.24. The Morgan fingerprint density at radius 2 is 1.89 bits per heavy atom. The molecule has 5 aliphatic rings. The molecule has 0 amide bonds. The largest absolute Gasteiger partial charge is 0.390 e. The van der Waals surface area contributed by atoms with Gasteiger partial charge in [-0.2, -0.15) is 0 Å². The van der Waals surface area contributed by atoms with Crippen LogP contribution < -0.4 is 5.32 Å². The average Bonchev–Trinajstić information content (AvgIpc) is 3.38.